The number of hydrogen-bond donors (Lipinski definition) is 2. The van der Waals surface area contributed by atoms with Crippen molar-refractivity contribution in [2.45, 2.75) is 45.3 Å². The Morgan fingerprint density at radius 2 is 2.33 bits per heavy atom. The molecule has 0 aromatic carbocycles. The lowest BCUT2D eigenvalue weighted by molar-refractivity contribution is -0.125. The van der Waals surface area contributed by atoms with Crippen molar-refractivity contribution < 1.29 is 9.53 Å². The lowest BCUT2D eigenvalue weighted by Crippen LogP contribution is -2.58. The van der Waals surface area contributed by atoms with Crippen molar-refractivity contribution in [3.8, 4) is 0 Å². The molecule has 0 bridgehead atoms. The Morgan fingerprint density at radius 1 is 1.67 bits per heavy atom. The van der Waals surface area contributed by atoms with Crippen molar-refractivity contribution in [1.82, 2.24) is 5.32 Å². The normalized spacial score (nSPS) is 25.5. The predicted octanol–water partition coefficient (Wildman–Crippen LogP) is 0.655. The van der Waals surface area contributed by atoms with Crippen LogP contribution in [-0.4, -0.2) is 30.7 Å². The van der Waals surface area contributed by atoms with Gasteiger partial charge in [0.2, 0.25) is 5.91 Å². The van der Waals surface area contributed by atoms with E-state index in [1.165, 1.54) is 0 Å². The van der Waals surface area contributed by atoms with Gasteiger partial charge >= 0.3 is 0 Å². The first-order valence-electron chi connectivity index (χ1n) is 5.63. The van der Waals surface area contributed by atoms with Crippen molar-refractivity contribution >= 4 is 5.91 Å². The van der Waals surface area contributed by atoms with Gasteiger partial charge in [-0.15, -0.1) is 0 Å². The average molecular weight is 214 g/mol. The molecule has 1 amide bonds. The number of nitrogens with one attached hydrogen (secondary N) is 1. The fourth-order valence-electron chi connectivity index (χ4n) is 1.71. The van der Waals surface area contributed by atoms with Crippen LogP contribution in [0, 0.1) is 5.92 Å². The quantitative estimate of drug-likeness (QED) is 0.706. The Bertz CT molecular complexity index is 225. The number of amides is 1. The molecule has 0 spiro atoms. The molecule has 0 radical (unpaired) electrons. The second kappa shape index (κ2) is 4.94. The summed E-state index contributed by atoms with van der Waals surface area (Å²) >= 11 is 0. The lowest BCUT2D eigenvalue weighted by Gasteiger charge is -2.32. The van der Waals surface area contributed by atoms with Crippen LogP contribution in [-0.2, 0) is 9.53 Å². The molecule has 1 fully saturated rings. The van der Waals surface area contributed by atoms with Gasteiger partial charge in [-0.05, 0) is 25.7 Å². The largest absolute Gasteiger partial charge is 0.377 e. The van der Waals surface area contributed by atoms with Crippen LogP contribution in [0.3, 0.4) is 0 Å². The molecule has 15 heavy (non-hydrogen) atoms. The molecule has 0 aromatic heterocycles. The summed E-state index contributed by atoms with van der Waals surface area (Å²) in [7, 11) is 0. The first kappa shape index (κ1) is 12.5. The Balaban J connectivity index is 2.47. The maximum atomic E-state index is 11.4. The molecule has 1 saturated heterocycles. The monoisotopic (exact) mass is 214 g/mol. The van der Waals surface area contributed by atoms with E-state index in [0.29, 0.717) is 6.54 Å². The minimum absolute atomic E-state index is 0.177. The van der Waals surface area contributed by atoms with Crippen LogP contribution in [0.5, 0.6) is 0 Å². The van der Waals surface area contributed by atoms with Gasteiger partial charge < -0.3 is 15.8 Å². The Kier molecular flexibility index (Phi) is 4.11. The van der Waals surface area contributed by atoms with E-state index in [1.807, 2.05) is 20.8 Å². The summed E-state index contributed by atoms with van der Waals surface area (Å²) in [5.41, 5.74) is 4.78. The van der Waals surface area contributed by atoms with Gasteiger partial charge in [0.1, 0.15) is 0 Å². The summed E-state index contributed by atoms with van der Waals surface area (Å²) in [6, 6.07) is 0. The van der Waals surface area contributed by atoms with Crippen molar-refractivity contribution in [2.24, 2.45) is 11.7 Å². The molecule has 1 aliphatic heterocycles. The molecule has 88 valence electrons. The lowest BCUT2D eigenvalue weighted by atomic mass is 9.87. The first-order valence-corrected chi connectivity index (χ1v) is 5.63. The van der Waals surface area contributed by atoms with Gasteiger partial charge in [-0.2, -0.15) is 0 Å². The summed E-state index contributed by atoms with van der Waals surface area (Å²) in [6.45, 7) is 7.38. The second-order valence-corrected chi connectivity index (χ2v) is 4.74. The van der Waals surface area contributed by atoms with Gasteiger partial charge in [-0.1, -0.05) is 13.8 Å². The summed E-state index contributed by atoms with van der Waals surface area (Å²) in [6.07, 6.45) is 2.42. The summed E-state index contributed by atoms with van der Waals surface area (Å²) < 4.78 is 5.49. The van der Waals surface area contributed by atoms with E-state index >= 15 is 0 Å². The van der Waals surface area contributed by atoms with Crippen LogP contribution in [0.2, 0.25) is 0 Å². The zero-order valence-corrected chi connectivity index (χ0v) is 9.88. The van der Waals surface area contributed by atoms with Crippen molar-refractivity contribution in [1.29, 1.82) is 0 Å². The fourth-order valence-corrected chi connectivity index (χ4v) is 1.71. The van der Waals surface area contributed by atoms with E-state index < -0.39 is 5.54 Å². The molecule has 3 N–H and O–H groups in total. The molecule has 2 atom stereocenters. The van der Waals surface area contributed by atoms with E-state index in [4.69, 9.17) is 10.5 Å². The highest BCUT2D eigenvalue weighted by Gasteiger charge is 2.35. The number of primary amides is 1. The molecule has 4 heteroatoms. The minimum Gasteiger partial charge on any atom is -0.377 e. The van der Waals surface area contributed by atoms with Gasteiger partial charge in [0, 0.05) is 13.2 Å². The highest BCUT2D eigenvalue weighted by Crippen LogP contribution is 2.18. The number of carbonyl (C=O) groups is 1. The molecule has 0 aromatic rings. The molecule has 1 heterocycles. The van der Waals surface area contributed by atoms with Crippen LogP contribution in [0.4, 0.5) is 0 Å². The summed E-state index contributed by atoms with van der Waals surface area (Å²) in [5, 5.41) is 3.24. The average Bonchev–Trinajstić information content (AvgIpc) is 2.65. The zero-order chi connectivity index (χ0) is 11.5. The topological polar surface area (TPSA) is 64.3 Å². The standard InChI is InChI=1S/C11H22N2O2/c1-8(2)11(3,10(12)14)13-7-9-5-4-6-15-9/h8-9,13H,4-7H2,1-3H3,(H2,12,14). The van der Waals surface area contributed by atoms with E-state index in [0.717, 1.165) is 19.4 Å². The maximum absolute atomic E-state index is 11.4. The smallest absolute Gasteiger partial charge is 0.237 e. The summed E-state index contributed by atoms with van der Waals surface area (Å²) in [5.74, 6) is -0.119. The van der Waals surface area contributed by atoms with Crippen molar-refractivity contribution in [2.75, 3.05) is 13.2 Å². The first-order chi connectivity index (χ1) is 6.97. The number of hydrogen-bond acceptors (Lipinski definition) is 3. The molecule has 0 saturated carbocycles. The van der Waals surface area contributed by atoms with Gasteiger partial charge in [0.05, 0.1) is 11.6 Å². The van der Waals surface area contributed by atoms with Crippen LogP contribution >= 0.6 is 0 Å². The Hall–Kier alpha value is -0.610. The van der Waals surface area contributed by atoms with Crippen molar-refractivity contribution in [3.63, 3.8) is 0 Å². The summed E-state index contributed by atoms with van der Waals surface area (Å²) in [4.78, 5) is 11.4. The highest BCUT2D eigenvalue weighted by molar-refractivity contribution is 5.84. The van der Waals surface area contributed by atoms with Gasteiger partial charge in [0.15, 0.2) is 0 Å². The molecule has 1 aliphatic rings. The Morgan fingerprint density at radius 3 is 2.73 bits per heavy atom. The maximum Gasteiger partial charge on any atom is 0.237 e. The SMILES string of the molecule is CC(C)C(C)(NCC1CCCO1)C(N)=O. The van der Waals surface area contributed by atoms with E-state index in [2.05, 4.69) is 5.32 Å². The number of nitrogens with two attached hydrogens (primary N) is 1. The minimum atomic E-state index is -0.633. The fraction of sp³-hybridized carbons (Fsp3) is 0.909. The van der Waals surface area contributed by atoms with Crippen LogP contribution in [0.1, 0.15) is 33.6 Å². The van der Waals surface area contributed by atoms with E-state index in [9.17, 15) is 4.79 Å². The third kappa shape index (κ3) is 2.92. The highest BCUT2D eigenvalue weighted by atomic mass is 16.5. The van der Waals surface area contributed by atoms with Crippen LogP contribution < -0.4 is 11.1 Å². The third-order valence-corrected chi connectivity index (χ3v) is 3.39. The van der Waals surface area contributed by atoms with Crippen LogP contribution in [0.15, 0.2) is 0 Å². The zero-order valence-electron chi connectivity index (χ0n) is 9.88. The predicted molar refractivity (Wildman–Crippen MR) is 59.4 cm³/mol. The second-order valence-electron chi connectivity index (χ2n) is 4.74. The van der Waals surface area contributed by atoms with E-state index in [1.54, 1.807) is 0 Å². The van der Waals surface area contributed by atoms with E-state index in [-0.39, 0.29) is 17.9 Å². The molecule has 0 aliphatic carbocycles. The number of ether oxygens (including phenoxy) is 1. The molecular formula is C11H22N2O2. The van der Waals surface area contributed by atoms with Gasteiger partial charge in [-0.3, -0.25) is 4.79 Å². The van der Waals surface area contributed by atoms with Gasteiger partial charge in [0.25, 0.3) is 0 Å². The molecular weight excluding hydrogens is 192 g/mol. The number of rotatable bonds is 5. The molecule has 1 rings (SSSR count). The Labute approximate surface area is 91.5 Å². The molecule has 4 nitrogen and oxygen atoms in total. The van der Waals surface area contributed by atoms with Crippen molar-refractivity contribution in [3.05, 3.63) is 0 Å². The van der Waals surface area contributed by atoms with Gasteiger partial charge in [-0.25, -0.2) is 0 Å². The third-order valence-electron chi connectivity index (χ3n) is 3.39. The number of carbonyl (C=O) groups excluding carboxylic acids is 1. The molecule has 2 unspecified atom stereocenters. The van der Waals surface area contributed by atoms with Crippen LogP contribution in [0.25, 0.3) is 0 Å².